The van der Waals surface area contributed by atoms with Gasteiger partial charge in [-0.1, -0.05) is 18.9 Å². The molecule has 0 aliphatic heterocycles. The highest BCUT2D eigenvalue weighted by atomic mass is 16.5. The summed E-state index contributed by atoms with van der Waals surface area (Å²) in [6.45, 7) is 4.39. The van der Waals surface area contributed by atoms with Gasteiger partial charge < -0.3 is 4.74 Å². The van der Waals surface area contributed by atoms with E-state index in [-0.39, 0.29) is 5.97 Å². The zero-order chi connectivity index (χ0) is 13.1. The van der Waals surface area contributed by atoms with Gasteiger partial charge in [0.15, 0.2) is 0 Å². The fourth-order valence-corrected chi connectivity index (χ4v) is 3.75. The molecule has 0 amide bonds. The second-order valence-corrected chi connectivity index (χ2v) is 5.95. The molecule has 2 aliphatic rings. The number of ether oxygens (including phenoxy) is 1. The molecular weight excluding hydrogens is 226 g/mol. The number of carbonyl (C=O) groups excluding carboxylic acids is 1. The van der Waals surface area contributed by atoms with E-state index in [2.05, 4.69) is 11.9 Å². The van der Waals surface area contributed by atoms with Gasteiger partial charge in [0, 0.05) is 6.54 Å². The Labute approximate surface area is 110 Å². The van der Waals surface area contributed by atoms with Crippen LogP contribution in [-0.2, 0) is 9.53 Å². The molecule has 0 saturated heterocycles. The lowest BCUT2D eigenvalue weighted by Crippen LogP contribution is -2.56. The van der Waals surface area contributed by atoms with Gasteiger partial charge in [-0.2, -0.15) is 0 Å². The molecule has 2 fully saturated rings. The fourth-order valence-electron chi connectivity index (χ4n) is 3.75. The lowest BCUT2D eigenvalue weighted by molar-refractivity contribution is -0.151. The van der Waals surface area contributed by atoms with E-state index in [0.29, 0.717) is 12.0 Å². The van der Waals surface area contributed by atoms with Crippen LogP contribution in [-0.4, -0.2) is 25.2 Å². The van der Waals surface area contributed by atoms with E-state index in [0.717, 1.165) is 25.7 Å². The van der Waals surface area contributed by atoms with E-state index in [1.807, 2.05) is 6.08 Å². The van der Waals surface area contributed by atoms with Crippen LogP contribution >= 0.6 is 0 Å². The molecule has 0 atom stereocenters. The maximum absolute atomic E-state index is 12.1. The first kappa shape index (κ1) is 13.6. The third-order valence-corrected chi connectivity index (χ3v) is 4.99. The zero-order valence-corrected chi connectivity index (χ0v) is 11.5. The lowest BCUT2D eigenvalue weighted by atomic mass is 9.66. The van der Waals surface area contributed by atoms with Crippen LogP contribution in [0.4, 0.5) is 0 Å². The Kier molecular flexibility index (Phi) is 4.10. The number of methoxy groups -OCH3 is 1. The van der Waals surface area contributed by atoms with Gasteiger partial charge in [-0.25, -0.2) is 0 Å². The predicted molar refractivity (Wildman–Crippen MR) is 72.3 cm³/mol. The van der Waals surface area contributed by atoms with Gasteiger partial charge in [-0.3, -0.25) is 10.1 Å². The summed E-state index contributed by atoms with van der Waals surface area (Å²) in [6, 6.07) is 0. The van der Waals surface area contributed by atoms with Crippen LogP contribution in [0.1, 0.15) is 51.4 Å². The molecule has 102 valence electrons. The molecule has 3 heteroatoms. The summed E-state index contributed by atoms with van der Waals surface area (Å²) >= 11 is 0. The van der Waals surface area contributed by atoms with Crippen LogP contribution in [0.2, 0.25) is 0 Å². The van der Waals surface area contributed by atoms with Crippen molar-refractivity contribution >= 4 is 5.97 Å². The van der Waals surface area contributed by atoms with Crippen molar-refractivity contribution < 1.29 is 9.53 Å². The van der Waals surface area contributed by atoms with Crippen LogP contribution in [0.5, 0.6) is 0 Å². The van der Waals surface area contributed by atoms with Gasteiger partial charge in [0.1, 0.15) is 5.54 Å². The van der Waals surface area contributed by atoms with Crippen LogP contribution in [0, 0.1) is 5.41 Å². The molecule has 0 heterocycles. The summed E-state index contributed by atoms with van der Waals surface area (Å²) < 4.78 is 5.01. The molecule has 0 aromatic carbocycles. The summed E-state index contributed by atoms with van der Waals surface area (Å²) in [6.07, 6.45) is 11.4. The summed E-state index contributed by atoms with van der Waals surface area (Å²) in [5, 5.41) is 3.35. The summed E-state index contributed by atoms with van der Waals surface area (Å²) in [7, 11) is 1.49. The molecule has 0 bridgehead atoms. The summed E-state index contributed by atoms with van der Waals surface area (Å²) in [4.78, 5) is 12.1. The van der Waals surface area contributed by atoms with E-state index in [4.69, 9.17) is 4.74 Å². The van der Waals surface area contributed by atoms with Gasteiger partial charge in [0.2, 0.25) is 0 Å². The quantitative estimate of drug-likeness (QED) is 0.617. The Hall–Kier alpha value is -0.830. The van der Waals surface area contributed by atoms with Crippen molar-refractivity contribution in [2.45, 2.75) is 56.9 Å². The van der Waals surface area contributed by atoms with E-state index in [1.165, 1.54) is 32.8 Å². The first-order valence-electron chi connectivity index (χ1n) is 7.11. The van der Waals surface area contributed by atoms with Crippen molar-refractivity contribution in [2.75, 3.05) is 13.7 Å². The maximum atomic E-state index is 12.1. The number of esters is 1. The van der Waals surface area contributed by atoms with E-state index >= 15 is 0 Å². The molecule has 18 heavy (non-hydrogen) atoms. The molecule has 0 aromatic rings. The average molecular weight is 251 g/mol. The summed E-state index contributed by atoms with van der Waals surface area (Å²) in [5.41, 5.74) is 0.0736. The lowest BCUT2D eigenvalue weighted by Gasteiger charge is -2.43. The van der Waals surface area contributed by atoms with E-state index < -0.39 is 5.54 Å². The van der Waals surface area contributed by atoms with Crippen molar-refractivity contribution in [3.05, 3.63) is 12.7 Å². The third-order valence-electron chi connectivity index (χ3n) is 4.99. The smallest absolute Gasteiger partial charge is 0.326 e. The number of hydrogen-bond donors (Lipinski definition) is 1. The molecule has 3 nitrogen and oxygen atoms in total. The van der Waals surface area contributed by atoms with Crippen LogP contribution in [0.15, 0.2) is 12.7 Å². The van der Waals surface area contributed by atoms with Crippen LogP contribution in [0.3, 0.4) is 0 Å². The van der Waals surface area contributed by atoms with Crippen molar-refractivity contribution in [1.82, 2.24) is 5.32 Å². The number of carbonyl (C=O) groups is 1. The van der Waals surface area contributed by atoms with Gasteiger partial charge in [-0.05, 0) is 43.9 Å². The SMILES string of the molecule is C=CCNC1(C(=O)OC)CCC2(CCCC2)CC1. The van der Waals surface area contributed by atoms with E-state index in [9.17, 15) is 4.79 Å². The molecule has 0 radical (unpaired) electrons. The molecule has 0 aromatic heterocycles. The number of rotatable bonds is 4. The number of hydrogen-bond acceptors (Lipinski definition) is 3. The Morgan fingerprint density at radius 1 is 1.22 bits per heavy atom. The van der Waals surface area contributed by atoms with Gasteiger partial charge in [0.25, 0.3) is 0 Å². The first-order valence-corrected chi connectivity index (χ1v) is 7.11. The van der Waals surface area contributed by atoms with Crippen molar-refractivity contribution in [2.24, 2.45) is 5.41 Å². The standard InChI is InChI=1S/C15H25NO2/c1-3-12-16-15(13(17)18-2)10-8-14(9-11-15)6-4-5-7-14/h3,16H,1,4-12H2,2H3. The minimum atomic E-state index is -0.462. The Balaban J connectivity index is 2.04. The molecule has 2 rings (SSSR count). The first-order chi connectivity index (χ1) is 8.66. The van der Waals surface area contributed by atoms with E-state index in [1.54, 1.807) is 0 Å². The van der Waals surface area contributed by atoms with Gasteiger partial charge >= 0.3 is 5.97 Å². The predicted octanol–water partition coefficient (Wildman–Crippen LogP) is 2.81. The highest BCUT2D eigenvalue weighted by Gasteiger charge is 2.48. The molecular formula is C15H25NO2. The third kappa shape index (κ3) is 2.46. The van der Waals surface area contributed by atoms with Crippen LogP contribution < -0.4 is 5.32 Å². The Morgan fingerprint density at radius 3 is 2.33 bits per heavy atom. The minimum Gasteiger partial charge on any atom is -0.468 e. The fraction of sp³-hybridized carbons (Fsp3) is 0.800. The average Bonchev–Trinajstić information content (AvgIpc) is 2.86. The zero-order valence-electron chi connectivity index (χ0n) is 11.5. The topological polar surface area (TPSA) is 38.3 Å². The normalized spacial score (nSPS) is 24.9. The maximum Gasteiger partial charge on any atom is 0.326 e. The Bertz CT molecular complexity index is 308. The second-order valence-electron chi connectivity index (χ2n) is 5.95. The molecule has 0 unspecified atom stereocenters. The van der Waals surface area contributed by atoms with Crippen molar-refractivity contribution in [3.8, 4) is 0 Å². The van der Waals surface area contributed by atoms with Gasteiger partial charge in [0.05, 0.1) is 7.11 Å². The summed E-state index contributed by atoms with van der Waals surface area (Å²) in [5.74, 6) is -0.0998. The molecule has 1 N–H and O–H groups in total. The van der Waals surface area contributed by atoms with Crippen LogP contribution in [0.25, 0.3) is 0 Å². The number of nitrogens with one attached hydrogen (secondary N) is 1. The minimum absolute atomic E-state index is 0.0998. The second kappa shape index (κ2) is 5.43. The highest BCUT2D eigenvalue weighted by molar-refractivity contribution is 5.81. The monoisotopic (exact) mass is 251 g/mol. The van der Waals surface area contributed by atoms with Crippen molar-refractivity contribution in [1.29, 1.82) is 0 Å². The molecule has 2 aliphatic carbocycles. The Morgan fingerprint density at radius 2 is 1.83 bits per heavy atom. The largest absolute Gasteiger partial charge is 0.468 e. The van der Waals surface area contributed by atoms with Crippen molar-refractivity contribution in [3.63, 3.8) is 0 Å². The van der Waals surface area contributed by atoms with Gasteiger partial charge in [-0.15, -0.1) is 6.58 Å². The highest BCUT2D eigenvalue weighted by Crippen LogP contribution is 2.51. The molecule has 2 saturated carbocycles. The molecule has 1 spiro atoms.